The quantitative estimate of drug-likeness (QED) is 0.0577. The molecule has 0 heterocycles. The molecule has 0 spiro atoms. The molecule has 4 unspecified atom stereocenters. The average molecular weight is 772 g/mol. The fourth-order valence-corrected chi connectivity index (χ4v) is 6.54. The van der Waals surface area contributed by atoms with Crippen molar-refractivity contribution in [3.63, 3.8) is 0 Å². The fraction of sp³-hybridized carbons (Fsp3) is 0.267. The summed E-state index contributed by atoms with van der Waals surface area (Å²) in [5, 5.41) is 32.7. The number of hydrogen-bond acceptors (Lipinski definition) is 7. The zero-order valence-electron chi connectivity index (χ0n) is 31.6. The van der Waals surface area contributed by atoms with Crippen LogP contribution in [0.25, 0.3) is 10.8 Å². The Labute approximate surface area is 331 Å². The number of carboxylic acid groups (broad SMARTS) is 1. The highest BCUT2D eigenvalue weighted by molar-refractivity contribution is 5.95. The minimum atomic E-state index is -1.33. The van der Waals surface area contributed by atoms with E-state index in [0.29, 0.717) is 24.9 Å². The van der Waals surface area contributed by atoms with E-state index in [1.54, 1.807) is 24.3 Å². The number of carbonyl (C=O) groups excluding carboxylic acids is 4. The van der Waals surface area contributed by atoms with Crippen molar-refractivity contribution in [1.29, 1.82) is 0 Å². The van der Waals surface area contributed by atoms with Gasteiger partial charge in [0, 0.05) is 19.3 Å². The normalized spacial score (nSPS) is 13.1. The predicted octanol–water partition coefficient (Wildman–Crippen LogP) is 3.97. The van der Waals surface area contributed by atoms with Crippen molar-refractivity contribution < 1.29 is 34.2 Å². The van der Waals surface area contributed by atoms with Gasteiger partial charge in [0.1, 0.15) is 29.9 Å². The monoisotopic (exact) mass is 771 g/mol. The largest absolute Gasteiger partial charge is 0.508 e. The van der Waals surface area contributed by atoms with Gasteiger partial charge in [-0.2, -0.15) is 0 Å². The number of rotatable bonds is 20. The van der Waals surface area contributed by atoms with Crippen LogP contribution in [0, 0.1) is 0 Å². The first-order valence-corrected chi connectivity index (χ1v) is 19.0. The zero-order valence-corrected chi connectivity index (χ0v) is 31.6. The van der Waals surface area contributed by atoms with Gasteiger partial charge in [-0.15, -0.1) is 0 Å². The molecule has 0 saturated carbocycles. The number of nitrogens with two attached hydrogens (primary N) is 1. The van der Waals surface area contributed by atoms with Crippen LogP contribution < -0.4 is 27.0 Å². The first-order chi connectivity index (χ1) is 27.6. The second kappa shape index (κ2) is 21.0. The molecule has 0 radical (unpaired) electrons. The lowest BCUT2D eigenvalue weighted by Crippen LogP contribution is -2.58. The van der Waals surface area contributed by atoms with Crippen LogP contribution in [0.2, 0.25) is 0 Å². The Kier molecular flexibility index (Phi) is 15.3. The number of phenolic OH excluding ortho intramolecular Hbond substituents is 1. The Balaban J connectivity index is 1.35. The van der Waals surface area contributed by atoms with Crippen molar-refractivity contribution >= 4 is 40.4 Å². The number of hydrogen-bond donors (Lipinski definition) is 7. The summed E-state index contributed by atoms with van der Waals surface area (Å²) in [4.78, 5) is 67.8. The summed E-state index contributed by atoms with van der Waals surface area (Å²) in [6, 6.07) is 33.1. The second-order valence-corrected chi connectivity index (χ2v) is 14.0. The first kappa shape index (κ1) is 41.6. The second-order valence-electron chi connectivity index (χ2n) is 14.0. The molecule has 5 aromatic rings. The van der Waals surface area contributed by atoms with Gasteiger partial charge in [-0.05, 0) is 71.0 Å². The van der Waals surface area contributed by atoms with Crippen molar-refractivity contribution in [1.82, 2.24) is 21.3 Å². The van der Waals surface area contributed by atoms with E-state index in [4.69, 9.17) is 5.73 Å². The number of carboxylic acids is 1. The van der Waals surface area contributed by atoms with E-state index in [9.17, 15) is 34.2 Å². The van der Waals surface area contributed by atoms with Crippen LogP contribution in [0.4, 0.5) is 0 Å². The molecular formula is C45H49N5O7. The Morgan fingerprint density at radius 2 is 0.982 bits per heavy atom. The van der Waals surface area contributed by atoms with Gasteiger partial charge in [0.15, 0.2) is 0 Å². The van der Waals surface area contributed by atoms with Crippen molar-refractivity contribution in [2.45, 2.75) is 69.1 Å². The summed E-state index contributed by atoms with van der Waals surface area (Å²) in [5.41, 5.74) is 8.60. The van der Waals surface area contributed by atoms with Crippen LogP contribution in [0.1, 0.15) is 41.5 Å². The molecule has 0 aliphatic rings. The third-order valence-electron chi connectivity index (χ3n) is 9.60. The summed E-state index contributed by atoms with van der Waals surface area (Å²) < 4.78 is 0. The smallest absolute Gasteiger partial charge is 0.326 e. The molecule has 5 rings (SSSR count). The lowest BCUT2D eigenvalue weighted by Gasteiger charge is -2.26. The molecule has 4 atom stereocenters. The third kappa shape index (κ3) is 13.0. The van der Waals surface area contributed by atoms with E-state index in [1.807, 2.05) is 91.0 Å². The highest BCUT2D eigenvalue weighted by Crippen LogP contribution is 2.17. The Morgan fingerprint density at radius 1 is 0.509 bits per heavy atom. The van der Waals surface area contributed by atoms with Gasteiger partial charge in [-0.3, -0.25) is 19.2 Å². The Hall–Kier alpha value is -6.53. The minimum absolute atomic E-state index is 0.0178. The molecule has 5 aromatic carbocycles. The van der Waals surface area contributed by atoms with E-state index in [0.717, 1.165) is 27.5 Å². The summed E-state index contributed by atoms with van der Waals surface area (Å²) in [6.07, 6.45) is 1.36. The van der Waals surface area contributed by atoms with Crippen LogP contribution in [-0.4, -0.2) is 70.5 Å². The molecule has 0 bridgehead atoms. The zero-order chi connectivity index (χ0) is 40.6. The van der Waals surface area contributed by atoms with Gasteiger partial charge in [-0.1, -0.05) is 115 Å². The minimum Gasteiger partial charge on any atom is -0.508 e. The number of benzene rings is 5. The van der Waals surface area contributed by atoms with Gasteiger partial charge in [0.25, 0.3) is 0 Å². The number of aromatic hydroxyl groups is 1. The predicted molar refractivity (Wildman–Crippen MR) is 218 cm³/mol. The highest BCUT2D eigenvalue weighted by Gasteiger charge is 2.32. The highest BCUT2D eigenvalue weighted by atomic mass is 16.4. The van der Waals surface area contributed by atoms with Gasteiger partial charge in [0.2, 0.25) is 23.6 Å². The topological polar surface area (TPSA) is 200 Å². The maximum atomic E-state index is 14.2. The van der Waals surface area contributed by atoms with Gasteiger partial charge in [-0.25, -0.2) is 4.79 Å². The molecule has 12 nitrogen and oxygen atoms in total. The number of unbranched alkanes of at least 4 members (excludes halogenated alkanes) is 1. The van der Waals surface area contributed by atoms with Crippen molar-refractivity contribution in [3.05, 3.63) is 150 Å². The molecule has 4 amide bonds. The van der Waals surface area contributed by atoms with E-state index >= 15 is 0 Å². The molecule has 296 valence electrons. The summed E-state index contributed by atoms with van der Waals surface area (Å²) in [7, 11) is 0. The third-order valence-corrected chi connectivity index (χ3v) is 9.60. The van der Waals surface area contributed by atoms with Crippen LogP contribution >= 0.6 is 0 Å². The summed E-state index contributed by atoms with van der Waals surface area (Å²) >= 11 is 0. The molecule has 57 heavy (non-hydrogen) atoms. The van der Waals surface area contributed by atoms with Gasteiger partial charge < -0.3 is 37.2 Å². The number of nitrogens with one attached hydrogen (secondary N) is 4. The molecule has 0 aliphatic heterocycles. The molecule has 0 fully saturated rings. The van der Waals surface area contributed by atoms with E-state index in [2.05, 4.69) is 21.3 Å². The first-order valence-electron chi connectivity index (χ1n) is 19.0. The van der Waals surface area contributed by atoms with Crippen LogP contribution in [0.3, 0.4) is 0 Å². The average Bonchev–Trinajstić information content (AvgIpc) is 3.21. The lowest BCUT2D eigenvalue weighted by atomic mass is 10.0. The maximum Gasteiger partial charge on any atom is 0.326 e. The maximum absolute atomic E-state index is 14.2. The van der Waals surface area contributed by atoms with Gasteiger partial charge in [0.05, 0.1) is 6.42 Å². The van der Waals surface area contributed by atoms with Crippen molar-refractivity contribution in [3.8, 4) is 5.75 Å². The van der Waals surface area contributed by atoms with Crippen LogP contribution in [0.5, 0.6) is 5.75 Å². The number of fused-ring (bicyclic) bond motifs is 1. The number of phenols is 1. The van der Waals surface area contributed by atoms with Gasteiger partial charge >= 0.3 is 5.97 Å². The molecule has 12 heteroatoms. The number of carbonyl (C=O) groups is 5. The Morgan fingerprint density at radius 3 is 1.58 bits per heavy atom. The van der Waals surface area contributed by atoms with E-state index < -0.39 is 47.9 Å². The number of aliphatic carboxylic acids is 1. The van der Waals surface area contributed by atoms with Crippen molar-refractivity contribution in [2.24, 2.45) is 5.73 Å². The molecule has 0 aromatic heterocycles. The number of amides is 4. The molecule has 8 N–H and O–H groups in total. The lowest BCUT2D eigenvalue weighted by molar-refractivity contribution is -0.142. The van der Waals surface area contributed by atoms with E-state index in [1.165, 1.54) is 12.1 Å². The SMILES string of the molecule is NCCCCC(NC(=O)C(Cc1ccccc1)NC(=O)C(Cc1ccccc1)NC(=O)Cc1ccc2ccccc2c1)C(=O)NC(Cc1ccc(O)cc1)C(=O)O. The van der Waals surface area contributed by atoms with E-state index in [-0.39, 0.29) is 43.8 Å². The molecule has 0 aliphatic carbocycles. The standard InChI is InChI=1S/C45H49N5O7/c46-24-10-9-17-37(42(53)50-40(45(56)57)28-32-19-22-36(51)23-20-32)48-44(55)39(27-31-13-5-2-6-14-31)49-43(54)38(26-30-11-3-1-4-12-30)47-41(52)29-33-18-21-34-15-7-8-16-35(34)25-33/h1-8,11-16,18-23,25,37-40,51H,9-10,17,24,26-29,46H2,(H,47,52)(H,48,55)(H,49,54)(H,50,53)(H,56,57). The Bertz CT molecular complexity index is 2110. The summed E-state index contributed by atoms with van der Waals surface area (Å²) in [6.45, 7) is 0.350. The molecule has 0 saturated heterocycles. The van der Waals surface area contributed by atoms with Crippen LogP contribution in [-0.2, 0) is 49.7 Å². The fourth-order valence-electron chi connectivity index (χ4n) is 6.54. The van der Waals surface area contributed by atoms with Crippen molar-refractivity contribution in [2.75, 3.05) is 6.54 Å². The summed E-state index contributed by atoms with van der Waals surface area (Å²) in [5.74, 6) is -3.59. The van der Waals surface area contributed by atoms with Crippen LogP contribution in [0.15, 0.2) is 127 Å². The molecular weight excluding hydrogens is 723 g/mol.